The molecule has 4 heteroatoms. The topological polar surface area (TPSA) is 41.1 Å². The van der Waals surface area contributed by atoms with Crippen LogP contribution in [0.2, 0.25) is 0 Å². The number of amides is 1. The van der Waals surface area contributed by atoms with Gasteiger partial charge in [-0.3, -0.25) is 4.79 Å². The number of hydrogen-bond donors (Lipinski definition) is 2. The van der Waals surface area contributed by atoms with E-state index in [0.717, 1.165) is 23.2 Å². The molecule has 1 aromatic rings. The molecule has 0 radical (unpaired) electrons. The van der Waals surface area contributed by atoms with Crippen molar-refractivity contribution in [3.63, 3.8) is 0 Å². The number of rotatable bonds is 4. The normalized spacial score (nSPS) is 20.8. The monoisotopic (exact) mass is 324 g/mol. The Morgan fingerprint density at radius 1 is 1.58 bits per heavy atom. The molecule has 0 aliphatic carbocycles. The van der Waals surface area contributed by atoms with Gasteiger partial charge in [0.25, 0.3) is 0 Å². The van der Waals surface area contributed by atoms with E-state index in [1.54, 1.807) is 0 Å². The van der Waals surface area contributed by atoms with E-state index in [1.165, 1.54) is 12.8 Å². The zero-order valence-electron chi connectivity index (χ0n) is 11.3. The summed E-state index contributed by atoms with van der Waals surface area (Å²) in [5.74, 6) is 1.16. The first-order valence-corrected chi connectivity index (χ1v) is 7.70. The molecule has 19 heavy (non-hydrogen) atoms. The predicted octanol–water partition coefficient (Wildman–Crippen LogP) is 3.41. The lowest BCUT2D eigenvalue weighted by molar-refractivity contribution is -0.117. The van der Waals surface area contributed by atoms with Gasteiger partial charge in [0.2, 0.25) is 5.91 Å². The van der Waals surface area contributed by atoms with Gasteiger partial charge in [-0.15, -0.1) is 0 Å². The first kappa shape index (κ1) is 14.5. The minimum absolute atomic E-state index is 0.108. The highest BCUT2D eigenvalue weighted by Crippen LogP contribution is 2.23. The lowest BCUT2D eigenvalue weighted by Crippen LogP contribution is -2.34. The average molecular weight is 325 g/mol. The summed E-state index contributed by atoms with van der Waals surface area (Å²) in [6, 6.07) is 7.71. The van der Waals surface area contributed by atoms with Crippen LogP contribution in [-0.4, -0.2) is 19.0 Å². The molecule has 104 valence electrons. The van der Waals surface area contributed by atoms with Gasteiger partial charge in [0.05, 0.1) is 0 Å². The molecule has 0 saturated carbocycles. The number of carbonyl (C=O) groups excluding carboxylic acids is 1. The molecule has 1 aromatic carbocycles. The molecular formula is C15H21BrN2O. The maximum Gasteiger partial charge on any atom is 0.224 e. The zero-order valence-corrected chi connectivity index (χ0v) is 12.9. The molecule has 2 unspecified atom stereocenters. The highest BCUT2D eigenvalue weighted by Gasteiger charge is 2.21. The van der Waals surface area contributed by atoms with Crippen LogP contribution in [0, 0.1) is 11.8 Å². The Balaban J connectivity index is 1.83. The van der Waals surface area contributed by atoms with Crippen molar-refractivity contribution in [1.29, 1.82) is 0 Å². The number of halogens is 1. The molecular weight excluding hydrogens is 304 g/mol. The van der Waals surface area contributed by atoms with Gasteiger partial charge in [-0.05, 0) is 56.0 Å². The third-order valence-corrected chi connectivity index (χ3v) is 4.25. The number of anilines is 1. The van der Waals surface area contributed by atoms with E-state index in [0.29, 0.717) is 18.3 Å². The first-order chi connectivity index (χ1) is 9.15. The Kier molecular flexibility index (Phi) is 5.40. The summed E-state index contributed by atoms with van der Waals surface area (Å²) < 4.78 is 0.981. The molecule has 3 nitrogen and oxygen atoms in total. The van der Waals surface area contributed by atoms with Gasteiger partial charge in [0, 0.05) is 16.6 Å². The van der Waals surface area contributed by atoms with Crippen LogP contribution in [-0.2, 0) is 4.79 Å². The number of nitrogens with one attached hydrogen (secondary N) is 2. The minimum atomic E-state index is 0.108. The standard InChI is InChI=1S/C15H21BrN2O/c1-11(12-4-3-7-17-10-12)8-15(19)18-14-6-2-5-13(16)9-14/h2,5-6,9,11-12,17H,3-4,7-8,10H2,1H3,(H,18,19). The predicted molar refractivity (Wildman–Crippen MR) is 82.1 cm³/mol. The van der Waals surface area contributed by atoms with Gasteiger partial charge in [0.15, 0.2) is 0 Å². The Morgan fingerprint density at radius 3 is 3.11 bits per heavy atom. The maximum atomic E-state index is 12.0. The summed E-state index contributed by atoms with van der Waals surface area (Å²) in [5, 5.41) is 6.37. The molecule has 1 aliphatic rings. The Bertz CT molecular complexity index is 430. The number of carbonyl (C=O) groups is 1. The van der Waals surface area contributed by atoms with Gasteiger partial charge >= 0.3 is 0 Å². The third kappa shape index (κ3) is 4.62. The van der Waals surface area contributed by atoms with Gasteiger partial charge in [0.1, 0.15) is 0 Å². The van der Waals surface area contributed by atoms with E-state index in [1.807, 2.05) is 24.3 Å². The molecule has 0 aromatic heterocycles. The Hall–Kier alpha value is -0.870. The van der Waals surface area contributed by atoms with E-state index >= 15 is 0 Å². The van der Waals surface area contributed by atoms with Crippen LogP contribution < -0.4 is 10.6 Å². The lowest BCUT2D eigenvalue weighted by Gasteiger charge is -2.28. The summed E-state index contributed by atoms with van der Waals surface area (Å²) in [5.41, 5.74) is 0.855. The van der Waals surface area contributed by atoms with E-state index in [4.69, 9.17) is 0 Å². The van der Waals surface area contributed by atoms with Crippen molar-refractivity contribution >= 4 is 27.5 Å². The van der Waals surface area contributed by atoms with E-state index in [9.17, 15) is 4.79 Å². The smallest absolute Gasteiger partial charge is 0.224 e. The summed E-state index contributed by atoms with van der Waals surface area (Å²) in [6.07, 6.45) is 3.06. The second-order valence-electron chi connectivity index (χ2n) is 5.35. The summed E-state index contributed by atoms with van der Waals surface area (Å²) >= 11 is 3.41. The molecule has 1 aliphatic heterocycles. The fourth-order valence-corrected chi connectivity index (χ4v) is 3.00. The van der Waals surface area contributed by atoms with Crippen LogP contribution in [0.3, 0.4) is 0 Å². The van der Waals surface area contributed by atoms with Crippen LogP contribution >= 0.6 is 15.9 Å². The van der Waals surface area contributed by atoms with Crippen LogP contribution in [0.5, 0.6) is 0 Å². The fraction of sp³-hybridized carbons (Fsp3) is 0.533. The lowest BCUT2D eigenvalue weighted by atomic mass is 9.85. The second-order valence-corrected chi connectivity index (χ2v) is 6.26. The molecule has 2 rings (SSSR count). The number of piperidine rings is 1. The molecule has 2 N–H and O–H groups in total. The van der Waals surface area contributed by atoms with Gasteiger partial charge in [-0.25, -0.2) is 0 Å². The number of hydrogen-bond acceptors (Lipinski definition) is 2. The Morgan fingerprint density at radius 2 is 2.42 bits per heavy atom. The maximum absolute atomic E-state index is 12.0. The van der Waals surface area contributed by atoms with Crippen LogP contribution in [0.25, 0.3) is 0 Å². The zero-order chi connectivity index (χ0) is 13.7. The van der Waals surface area contributed by atoms with Gasteiger partial charge < -0.3 is 10.6 Å². The molecule has 1 heterocycles. The van der Waals surface area contributed by atoms with Crippen molar-refractivity contribution in [1.82, 2.24) is 5.32 Å². The molecule has 1 amide bonds. The Labute approximate surface area is 123 Å². The van der Waals surface area contributed by atoms with Crippen molar-refractivity contribution in [2.24, 2.45) is 11.8 Å². The molecule has 2 atom stereocenters. The molecule has 0 spiro atoms. The quantitative estimate of drug-likeness (QED) is 0.891. The summed E-state index contributed by atoms with van der Waals surface area (Å²) in [7, 11) is 0. The molecule has 0 bridgehead atoms. The molecule has 1 fully saturated rings. The van der Waals surface area contributed by atoms with E-state index in [-0.39, 0.29) is 5.91 Å². The highest BCUT2D eigenvalue weighted by atomic mass is 79.9. The van der Waals surface area contributed by atoms with Crippen molar-refractivity contribution in [2.45, 2.75) is 26.2 Å². The SMILES string of the molecule is CC(CC(=O)Nc1cccc(Br)c1)C1CCCNC1. The molecule has 1 saturated heterocycles. The largest absolute Gasteiger partial charge is 0.326 e. The third-order valence-electron chi connectivity index (χ3n) is 3.76. The van der Waals surface area contributed by atoms with Crippen molar-refractivity contribution < 1.29 is 4.79 Å². The summed E-state index contributed by atoms with van der Waals surface area (Å²) in [4.78, 5) is 12.0. The minimum Gasteiger partial charge on any atom is -0.326 e. The van der Waals surface area contributed by atoms with Gasteiger partial charge in [-0.1, -0.05) is 28.9 Å². The first-order valence-electron chi connectivity index (χ1n) is 6.91. The second kappa shape index (κ2) is 7.06. The highest BCUT2D eigenvalue weighted by molar-refractivity contribution is 9.10. The van der Waals surface area contributed by atoms with Crippen LogP contribution in [0.1, 0.15) is 26.2 Å². The number of benzene rings is 1. The van der Waals surface area contributed by atoms with Crippen LogP contribution in [0.4, 0.5) is 5.69 Å². The van der Waals surface area contributed by atoms with Crippen molar-refractivity contribution in [2.75, 3.05) is 18.4 Å². The van der Waals surface area contributed by atoms with E-state index < -0.39 is 0 Å². The van der Waals surface area contributed by atoms with Crippen LogP contribution in [0.15, 0.2) is 28.7 Å². The average Bonchev–Trinajstić information content (AvgIpc) is 2.39. The summed E-state index contributed by atoms with van der Waals surface area (Å²) in [6.45, 7) is 4.34. The van der Waals surface area contributed by atoms with Gasteiger partial charge in [-0.2, -0.15) is 0 Å². The van der Waals surface area contributed by atoms with E-state index in [2.05, 4.69) is 33.5 Å². The van der Waals surface area contributed by atoms with Crippen molar-refractivity contribution in [3.8, 4) is 0 Å². The fourth-order valence-electron chi connectivity index (χ4n) is 2.60. The van der Waals surface area contributed by atoms with Crippen molar-refractivity contribution in [3.05, 3.63) is 28.7 Å².